The van der Waals surface area contributed by atoms with Gasteiger partial charge in [-0.25, -0.2) is 0 Å². The molecule has 2 aromatic carbocycles. The molecule has 0 aromatic heterocycles. The van der Waals surface area contributed by atoms with Crippen LogP contribution < -0.4 is 15.5 Å². The lowest BCUT2D eigenvalue weighted by Gasteiger charge is -2.17. The van der Waals surface area contributed by atoms with Crippen molar-refractivity contribution in [2.45, 2.75) is 26.3 Å². The normalized spacial score (nSPS) is 13.6. The number of aryl methyl sites for hydroxylation is 1. The van der Waals surface area contributed by atoms with Gasteiger partial charge in [0.25, 0.3) is 0 Å². The first-order valence-electron chi connectivity index (χ1n) is 8.62. The van der Waals surface area contributed by atoms with Crippen molar-refractivity contribution in [1.82, 2.24) is 5.32 Å². The molecule has 0 unspecified atom stereocenters. The van der Waals surface area contributed by atoms with Crippen molar-refractivity contribution >= 4 is 23.2 Å². The topological polar surface area (TPSA) is 61.4 Å². The zero-order chi connectivity index (χ0) is 17.6. The van der Waals surface area contributed by atoms with Gasteiger partial charge in [-0.15, -0.1) is 0 Å². The Hall–Kier alpha value is -2.82. The van der Waals surface area contributed by atoms with Crippen molar-refractivity contribution in [1.29, 1.82) is 0 Å². The average molecular weight is 337 g/mol. The van der Waals surface area contributed by atoms with E-state index in [9.17, 15) is 9.59 Å². The van der Waals surface area contributed by atoms with Crippen LogP contribution in [-0.4, -0.2) is 24.9 Å². The monoisotopic (exact) mass is 337 g/mol. The predicted molar refractivity (Wildman–Crippen MR) is 99.5 cm³/mol. The molecule has 2 amide bonds. The maximum Gasteiger partial charge on any atom is 0.313 e. The molecule has 1 saturated heterocycles. The first kappa shape index (κ1) is 17.0. The van der Waals surface area contributed by atoms with Gasteiger partial charge in [-0.3, -0.25) is 9.59 Å². The summed E-state index contributed by atoms with van der Waals surface area (Å²) in [5.41, 5.74) is 3.86. The van der Waals surface area contributed by atoms with E-state index >= 15 is 0 Å². The Labute approximate surface area is 148 Å². The second kappa shape index (κ2) is 7.83. The van der Waals surface area contributed by atoms with Crippen LogP contribution in [0.5, 0.6) is 0 Å². The fourth-order valence-electron chi connectivity index (χ4n) is 2.98. The van der Waals surface area contributed by atoms with Gasteiger partial charge in [0.15, 0.2) is 0 Å². The molecule has 0 atom stereocenters. The smallest absolute Gasteiger partial charge is 0.313 e. The van der Waals surface area contributed by atoms with Gasteiger partial charge in [0.05, 0.1) is 0 Å². The third-order valence-corrected chi connectivity index (χ3v) is 4.50. The summed E-state index contributed by atoms with van der Waals surface area (Å²) in [6.45, 7) is 4.47. The van der Waals surface area contributed by atoms with Crippen molar-refractivity contribution in [3.8, 4) is 0 Å². The van der Waals surface area contributed by atoms with Crippen LogP contribution in [0.2, 0.25) is 0 Å². The summed E-state index contributed by atoms with van der Waals surface area (Å²) >= 11 is 0. The molecule has 25 heavy (non-hydrogen) atoms. The van der Waals surface area contributed by atoms with Gasteiger partial charge < -0.3 is 15.5 Å². The van der Waals surface area contributed by atoms with E-state index in [1.165, 1.54) is 12.8 Å². The first-order chi connectivity index (χ1) is 12.1. The predicted octanol–water partition coefficient (Wildman–Crippen LogP) is 2.85. The van der Waals surface area contributed by atoms with E-state index in [4.69, 9.17) is 0 Å². The molecule has 5 heteroatoms. The minimum atomic E-state index is -0.650. The van der Waals surface area contributed by atoms with Crippen LogP contribution in [-0.2, 0) is 16.1 Å². The molecule has 0 spiro atoms. The number of benzene rings is 2. The lowest BCUT2D eigenvalue weighted by Crippen LogP contribution is -2.35. The van der Waals surface area contributed by atoms with Gasteiger partial charge in [0, 0.05) is 31.0 Å². The zero-order valence-electron chi connectivity index (χ0n) is 14.4. The summed E-state index contributed by atoms with van der Waals surface area (Å²) in [6, 6.07) is 15.4. The molecular formula is C20H23N3O2. The summed E-state index contributed by atoms with van der Waals surface area (Å²) in [6.07, 6.45) is 2.44. The molecule has 0 radical (unpaired) electrons. The zero-order valence-corrected chi connectivity index (χ0v) is 14.4. The van der Waals surface area contributed by atoms with E-state index in [2.05, 4.69) is 15.5 Å². The van der Waals surface area contributed by atoms with E-state index < -0.39 is 11.8 Å². The quantitative estimate of drug-likeness (QED) is 0.844. The van der Waals surface area contributed by atoms with Gasteiger partial charge >= 0.3 is 11.8 Å². The average Bonchev–Trinajstić information content (AvgIpc) is 3.16. The number of carbonyl (C=O) groups excluding carboxylic acids is 2. The third kappa shape index (κ3) is 4.38. The fraction of sp³-hybridized carbons (Fsp3) is 0.300. The van der Waals surface area contributed by atoms with Gasteiger partial charge in [-0.1, -0.05) is 24.3 Å². The van der Waals surface area contributed by atoms with Crippen LogP contribution in [0.1, 0.15) is 24.0 Å². The standard InChI is InChI=1S/C20H23N3O2/c1-15-6-2-3-7-16(15)14-21-19(24)20(25)22-17-8-10-18(11-9-17)23-12-4-5-13-23/h2-3,6-11H,4-5,12-14H2,1H3,(H,21,24)(H,22,25). The van der Waals surface area contributed by atoms with Crippen molar-refractivity contribution in [2.75, 3.05) is 23.3 Å². The lowest BCUT2D eigenvalue weighted by atomic mass is 10.1. The molecule has 3 rings (SSSR count). The minimum absolute atomic E-state index is 0.340. The van der Waals surface area contributed by atoms with E-state index in [1.54, 1.807) is 0 Å². The molecule has 5 nitrogen and oxygen atoms in total. The lowest BCUT2D eigenvalue weighted by molar-refractivity contribution is -0.136. The highest BCUT2D eigenvalue weighted by atomic mass is 16.2. The van der Waals surface area contributed by atoms with E-state index in [0.29, 0.717) is 12.2 Å². The third-order valence-electron chi connectivity index (χ3n) is 4.50. The molecule has 1 aliphatic rings. The van der Waals surface area contributed by atoms with Crippen LogP contribution in [0.25, 0.3) is 0 Å². The largest absolute Gasteiger partial charge is 0.372 e. The summed E-state index contributed by atoms with van der Waals surface area (Å²) in [7, 11) is 0. The maximum atomic E-state index is 12.0. The van der Waals surface area contributed by atoms with E-state index in [1.807, 2.05) is 55.5 Å². The number of carbonyl (C=O) groups is 2. The number of hydrogen-bond donors (Lipinski definition) is 2. The molecule has 0 bridgehead atoms. The van der Waals surface area contributed by atoms with Crippen LogP contribution in [0.4, 0.5) is 11.4 Å². The fourth-order valence-corrected chi connectivity index (χ4v) is 2.98. The summed E-state index contributed by atoms with van der Waals surface area (Å²) in [5.74, 6) is -1.28. The van der Waals surface area contributed by atoms with Gasteiger partial charge in [-0.05, 0) is 55.2 Å². The number of nitrogens with one attached hydrogen (secondary N) is 2. The highest BCUT2D eigenvalue weighted by molar-refractivity contribution is 6.39. The molecule has 1 fully saturated rings. The molecule has 0 aliphatic carbocycles. The van der Waals surface area contributed by atoms with Gasteiger partial charge in [-0.2, -0.15) is 0 Å². The Morgan fingerprint density at radius 3 is 2.32 bits per heavy atom. The maximum absolute atomic E-state index is 12.0. The second-order valence-electron chi connectivity index (χ2n) is 6.30. The molecule has 1 aliphatic heterocycles. The number of hydrogen-bond acceptors (Lipinski definition) is 3. The number of nitrogens with zero attached hydrogens (tertiary/aromatic N) is 1. The summed E-state index contributed by atoms with van der Waals surface area (Å²) in [4.78, 5) is 26.3. The van der Waals surface area contributed by atoms with Crippen molar-refractivity contribution in [2.24, 2.45) is 0 Å². The Morgan fingerprint density at radius 2 is 1.64 bits per heavy atom. The Kier molecular flexibility index (Phi) is 5.33. The van der Waals surface area contributed by atoms with E-state index in [-0.39, 0.29) is 0 Å². The Balaban J connectivity index is 1.52. The van der Waals surface area contributed by atoms with Crippen LogP contribution >= 0.6 is 0 Å². The van der Waals surface area contributed by atoms with Gasteiger partial charge in [0.2, 0.25) is 0 Å². The second-order valence-corrected chi connectivity index (χ2v) is 6.30. The van der Waals surface area contributed by atoms with Crippen molar-refractivity contribution in [3.63, 3.8) is 0 Å². The summed E-state index contributed by atoms with van der Waals surface area (Å²) in [5, 5.41) is 5.30. The number of anilines is 2. The van der Waals surface area contributed by atoms with Crippen molar-refractivity contribution < 1.29 is 9.59 Å². The Bertz CT molecular complexity index is 750. The first-order valence-corrected chi connectivity index (χ1v) is 8.62. The molecule has 1 heterocycles. The Morgan fingerprint density at radius 1 is 0.960 bits per heavy atom. The molecule has 0 saturated carbocycles. The molecule has 130 valence electrons. The van der Waals surface area contributed by atoms with Crippen molar-refractivity contribution in [3.05, 3.63) is 59.7 Å². The van der Waals surface area contributed by atoms with Crippen LogP contribution in [0.15, 0.2) is 48.5 Å². The van der Waals surface area contributed by atoms with Crippen LogP contribution in [0.3, 0.4) is 0 Å². The van der Waals surface area contributed by atoms with Gasteiger partial charge in [0.1, 0.15) is 0 Å². The minimum Gasteiger partial charge on any atom is -0.372 e. The van der Waals surface area contributed by atoms with Crippen LogP contribution in [0, 0.1) is 6.92 Å². The number of amides is 2. The van der Waals surface area contributed by atoms with E-state index in [0.717, 1.165) is 29.9 Å². The molecule has 2 aromatic rings. The SMILES string of the molecule is Cc1ccccc1CNC(=O)C(=O)Nc1ccc(N2CCCC2)cc1. The highest BCUT2D eigenvalue weighted by Crippen LogP contribution is 2.21. The number of rotatable bonds is 4. The molecule has 2 N–H and O–H groups in total. The molecular weight excluding hydrogens is 314 g/mol. The summed E-state index contributed by atoms with van der Waals surface area (Å²) < 4.78 is 0. The highest BCUT2D eigenvalue weighted by Gasteiger charge is 2.15.